The normalized spacial score (nSPS) is 15.9. The molecule has 2 aromatic rings. The van der Waals surface area contributed by atoms with Gasteiger partial charge < -0.3 is 20.1 Å². The Morgan fingerprint density at radius 3 is 2.45 bits per heavy atom. The van der Waals surface area contributed by atoms with Gasteiger partial charge in [-0.25, -0.2) is 9.98 Å². The fraction of sp³-hybridized carbons (Fsp3) is 0.545. The largest absolute Gasteiger partial charge is 0.357 e. The number of benzene rings is 1. The highest BCUT2D eigenvalue weighted by Crippen LogP contribution is 2.13. The van der Waals surface area contributed by atoms with E-state index in [2.05, 4.69) is 70.1 Å². The zero-order valence-corrected chi connectivity index (χ0v) is 20.2. The second-order valence-corrected chi connectivity index (χ2v) is 7.80. The smallest absolute Gasteiger partial charge is 0.191 e. The maximum atomic E-state index is 4.80. The van der Waals surface area contributed by atoms with Gasteiger partial charge >= 0.3 is 0 Å². The molecule has 160 valence electrons. The van der Waals surface area contributed by atoms with Crippen molar-refractivity contribution in [3.05, 3.63) is 54.1 Å². The fourth-order valence-electron chi connectivity index (χ4n) is 3.59. The predicted octanol–water partition coefficient (Wildman–Crippen LogP) is 3.48. The standard InChI is InChI=1S/C22H34N6.HI/c1-4-24-22(26-21-9-12-28(13-10-21)18(2)3)25-15-19-5-7-20(8-6-19)16-27-14-11-23-17-27;/h5-8,11,14,17-18,21H,4,9-10,12-13,15-16H2,1-3H3,(H2,24,25,26);1H. The number of rotatable bonds is 7. The molecule has 6 nitrogen and oxygen atoms in total. The average molecular weight is 510 g/mol. The summed E-state index contributed by atoms with van der Waals surface area (Å²) in [6, 6.07) is 9.82. The first kappa shape index (κ1) is 23.7. The molecule has 0 unspecified atom stereocenters. The van der Waals surface area contributed by atoms with Crippen molar-refractivity contribution in [1.82, 2.24) is 25.1 Å². The van der Waals surface area contributed by atoms with Crippen molar-refractivity contribution < 1.29 is 0 Å². The van der Waals surface area contributed by atoms with Gasteiger partial charge in [0.2, 0.25) is 0 Å². The van der Waals surface area contributed by atoms with Crippen LogP contribution < -0.4 is 10.6 Å². The summed E-state index contributed by atoms with van der Waals surface area (Å²) in [6.45, 7) is 11.4. The summed E-state index contributed by atoms with van der Waals surface area (Å²) in [5, 5.41) is 7.02. The number of hydrogen-bond acceptors (Lipinski definition) is 3. The third-order valence-electron chi connectivity index (χ3n) is 5.31. The maximum absolute atomic E-state index is 4.80. The van der Waals surface area contributed by atoms with E-state index in [4.69, 9.17) is 4.99 Å². The van der Waals surface area contributed by atoms with Gasteiger partial charge in [0.25, 0.3) is 0 Å². The van der Waals surface area contributed by atoms with Gasteiger partial charge in [0, 0.05) is 50.7 Å². The quantitative estimate of drug-likeness (QED) is 0.340. The van der Waals surface area contributed by atoms with E-state index < -0.39 is 0 Å². The first-order valence-corrected chi connectivity index (χ1v) is 10.5. The maximum Gasteiger partial charge on any atom is 0.191 e. The molecule has 1 saturated heterocycles. The van der Waals surface area contributed by atoms with Gasteiger partial charge in [-0.3, -0.25) is 0 Å². The Morgan fingerprint density at radius 2 is 1.86 bits per heavy atom. The molecule has 2 heterocycles. The number of hydrogen-bond donors (Lipinski definition) is 2. The minimum atomic E-state index is 0. The molecule has 7 heteroatoms. The van der Waals surface area contributed by atoms with Gasteiger partial charge in [-0.15, -0.1) is 24.0 Å². The van der Waals surface area contributed by atoms with Gasteiger partial charge in [-0.1, -0.05) is 24.3 Å². The Morgan fingerprint density at radius 1 is 1.17 bits per heavy atom. The van der Waals surface area contributed by atoms with E-state index in [1.165, 1.54) is 24.0 Å². The molecule has 0 bridgehead atoms. The highest BCUT2D eigenvalue weighted by Gasteiger charge is 2.21. The van der Waals surface area contributed by atoms with Crippen LogP contribution in [0.1, 0.15) is 44.7 Å². The molecule has 3 rings (SSSR count). The first-order chi connectivity index (χ1) is 13.6. The number of imidazole rings is 1. The molecule has 1 aliphatic heterocycles. The molecular formula is C22H35IN6. The summed E-state index contributed by atoms with van der Waals surface area (Å²) in [7, 11) is 0. The highest BCUT2D eigenvalue weighted by molar-refractivity contribution is 14.0. The predicted molar refractivity (Wildman–Crippen MR) is 131 cm³/mol. The number of likely N-dealkylation sites (tertiary alicyclic amines) is 1. The lowest BCUT2D eigenvalue weighted by Crippen LogP contribution is -2.49. The average Bonchev–Trinajstić information content (AvgIpc) is 3.21. The van der Waals surface area contributed by atoms with Gasteiger partial charge in [-0.05, 0) is 44.7 Å². The number of nitrogens with one attached hydrogen (secondary N) is 2. The summed E-state index contributed by atoms with van der Waals surface area (Å²) >= 11 is 0. The van der Waals surface area contributed by atoms with Crippen molar-refractivity contribution >= 4 is 29.9 Å². The molecule has 0 atom stereocenters. The number of guanidine groups is 1. The van der Waals surface area contributed by atoms with Crippen LogP contribution in [0.4, 0.5) is 0 Å². The van der Waals surface area contributed by atoms with E-state index in [9.17, 15) is 0 Å². The van der Waals surface area contributed by atoms with Crippen molar-refractivity contribution in [1.29, 1.82) is 0 Å². The van der Waals surface area contributed by atoms with Crippen LogP contribution >= 0.6 is 24.0 Å². The summed E-state index contributed by atoms with van der Waals surface area (Å²) in [6.07, 6.45) is 7.98. The number of nitrogens with zero attached hydrogens (tertiary/aromatic N) is 4. The number of piperidine rings is 1. The molecule has 1 aromatic carbocycles. The molecule has 1 fully saturated rings. The molecule has 2 N–H and O–H groups in total. The lowest BCUT2D eigenvalue weighted by atomic mass is 10.0. The zero-order valence-electron chi connectivity index (χ0n) is 17.8. The number of aromatic nitrogens is 2. The van der Waals surface area contributed by atoms with Crippen LogP contribution in [0.15, 0.2) is 48.0 Å². The van der Waals surface area contributed by atoms with E-state index in [0.29, 0.717) is 18.6 Å². The molecule has 0 saturated carbocycles. The zero-order chi connectivity index (χ0) is 19.8. The van der Waals surface area contributed by atoms with E-state index in [1.54, 1.807) is 0 Å². The first-order valence-electron chi connectivity index (χ1n) is 10.5. The van der Waals surface area contributed by atoms with Crippen molar-refractivity contribution in [3.63, 3.8) is 0 Å². The highest BCUT2D eigenvalue weighted by atomic mass is 127. The van der Waals surface area contributed by atoms with Crippen LogP contribution in [0.25, 0.3) is 0 Å². The lowest BCUT2D eigenvalue weighted by molar-refractivity contribution is 0.167. The molecule has 0 amide bonds. The molecule has 0 aliphatic carbocycles. The molecule has 0 spiro atoms. The lowest BCUT2D eigenvalue weighted by Gasteiger charge is -2.35. The minimum absolute atomic E-state index is 0. The van der Waals surface area contributed by atoms with Gasteiger partial charge in [0.1, 0.15) is 0 Å². The van der Waals surface area contributed by atoms with Gasteiger partial charge in [-0.2, -0.15) is 0 Å². The monoisotopic (exact) mass is 510 g/mol. The van der Waals surface area contributed by atoms with Crippen LogP contribution in [-0.4, -0.2) is 52.1 Å². The van der Waals surface area contributed by atoms with Crippen molar-refractivity contribution in [3.8, 4) is 0 Å². The van der Waals surface area contributed by atoms with Crippen LogP contribution in [0.2, 0.25) is 0 Å². The molecule has 29 heavy (non-hydrogen) atoms. The summed E-state index contributed by atoms with van der Waals surface area (Å²) in [4.78, 5) is 11.4. The van der Waals surface area contributed by atoms with Crippen molar-refractivity contribution in [2.75, 3.05) is 19.6 Å². The number of halogens is 1. The molecule has 1 aliphatic rings. The Labute approximate surface area is 192 Å². The van der Waals surface area contributed by atoms with Crippen molar-refractivity contribution in [2.45, 2.75) is 58.8 Å². The third kappa shape index (κ3) is 7.62. The van der Waals surface area contributed by atoms with Crippen LogP contribution in [0, 0.1) is 0 Å². The third-order valence-corrected chi connectivity index (χ3v) is 5.31. The summed E-state index contributed by atoms with van der Waals surface area (Å²) in [5.41, 5.74) is 2.49. The Kier molecular flexibility index (Phi) is 9.93. The Balaban J connectivity index is 0.00000300. The van der Waals surface area contributed by atoms with E-state index >= 15 is 0 Å². The molecule has 1 aromatic heterocycles. The Bertz CT molecular complexity index is 718. The summed E-state index contributed by atoms with van der Waals surface area (Å²) in [5.74, 6) is 0.924. The van der Waals surface area contributed by atoms with Gasteiger partial charge in [0.05, 0.1) is 12.9 Å². The Hall–Kier alpha value is -1.61. The fourth-order valence-corrected chi connectivity index (χ4v) is 3.59. The van der Waals surface area contributed by atoms with Crippen molar-refractivity contribution in [2.24, 2.45) is 4.99 Å². The van der Waals surface area contributed by atoms with Crippen LogP contribution in [-0.2, 0) is 13.1 Å². The van der Waals surface area contributed by atoms with Crippen LogP contribution in [0.3, 0.4) is 0 Å². The van der Waals surface area contributed by atoms with E-state index in [0.717, 1.165) is 32.1 Å². The minimum Gasteiger partial charge on any atom is -0.357 e. The van der Waals surface area contributed by atoms with Gasteiger partial charge in [0.15, 0.2) is 5.96 Å². The SMILES string of the molecule is CCNC(=NCc1ccc(Cn2ccnc2)cc1)NC1CCN(C(C)C)CC1.I. The number of aliphatic imine (C=N–C) groups is 1. The van der Waals surface area contributed by atoms with E-state index in [1.807, 2.05) is 18.7 Å². The molecule has 0 radical (unpaired) electrons. The second kappa shape index (κ2) is 12.2. The second-order valence-electron chi connectivity index (χ2n) is 7.80. The van der Waals surface area contributed by atoms with Crippen LogP contribution in [0.5, 0.6) is 0 Å². The van der Waals surface area contributed by atoms with E-state index in [-0.39, 0.29) is 24.0 Å². The molecular weight excluding hydrogens is 475 g/mol. The summed E-state index contributed by atoms with van der Waals surface area (Å²) < 4.78 is 2.07. The topological polar surface area (TPSA) is 57.5 Å².